The van der Waals surface area contributed by atoms with Crippen LogP contribution in [0.25, 0.3) is 0 Å². The van der Waals surface area contributed by atoms with Gasteiger partial charge in [0.25, 0.3) is 11.8 Å². The number of carbonyl (C=O) groups excluding carboxylic acids is 2. The van der Waals surface area contributed by atoms with Crippen LogP contribution in [0.2, 0.25) is 5.15 Å². The molecule has 0 atom stereocenters. The number of hydrazine groups is 1. The molecule has 2 heterocycles. The van der Waals surface area contributed by atoms with Crippen molar-refractivity contribution in [2.45, 2.75) is 32.6 Å². The van der Waals surface area contributed by atoms with E-state index in [2.05, 4.69) is 16.0 Å². The third-order valence-corrected chi connectivity index (χ3v) is 5.56. The molecule has 1 aliphatic rings. The highest BCUT2D eigenvalue weighted by Crippen LogP contribution is 2.29. The average molecular weight is 353 g/mol. The third kappa shape index (κ3) is 3.11. The van der Waals surface area contributed by atoms with E-state index in [1.165, 1.54) is 39.3 Å². The Balaban J connectivity index is 1.67. The van der Waals surface area contributed by atoms with E-state index in [4.69, 9.17) is 11.6 Å². The molecule has 0 unspecified atom stereocenters. The van der Waals surface area contributed by atoms with Gasteiger partial charge in [0.15, 0.2) is 0 Å². The lowest BCUT2D eigenvalue weighted by Gasteiger charge is -2.08. The monoisotopic (exact) mass is 352 g/mol. The number of hydrogen-bond donors (Lipinski definition) is 2. The van der Waals surface area contributed by atoms with Gasteiger partial charge in [-0.25, -0.2) is 0 Å². The van der Waals surface area contributed by atoms with Gasteiger partial charge in [-0.1, -0.05) is 11.6 Å². The Morgan fingerprint density at radius 2 is 1.96 bits per heavy atom. The van der Waals surface area contributed by atoms with Crippen LogP contribution in [0.1, 0.15) is 49.0 Å². The highest BCUT2D eigenvalue weighted by atomic mass is 35.5. The lowest BCUT2D eigenvalue weighted by molar-refractivity contribution is 0.0848. The smallest absolute Gasteiger partial charge is 0.267 e. The number of aromatic nitrogens is 2. The molecule has 2 amide bonds. The second-order valence-corrected chi connectivity index (χ2v) is 7.04. The standard InChI is InChI=1S/C15H17ClN4O2S/c1-8-12(13(16)20(2)19-8)15(22)18-17-14(21)11-7-9-5-3-4-6-10(9)23-11/h7H,3-6H2,1-2H3,(H,17,21)(H,18,22). The lowest BCUT2D eigenvalue weighted by Crippen LogP contribution is -2.41. The van der Waals surface area contributed by atoms with Crippen LogP contribution in [0.3, 0.4) is 0 Å². The maximum absolute atomic E-state index is 12.2. The summed E-state index contributed by atoms with van der Waals surface area (Å²) in [6.07, 6.45) is 4.39. The molecule has 1 aliphatic carbocycles. The van der Waals surface area contributed by atoms with Crippen LogP contribution in [0.4, 0.5) is 0 Å². The maximum Gasteiger partial charge on any atom is 0.279 e. The van der Waals surface area contributed by atoms with E-state index in [0.29, 0.717) is 10.6 Å². The topological polar surface area (TPSA) is 76.0 Å². The number of halogens is 1. The summed E-state index contributed by atoms with van der Waals surface area (Å²) >= 11 is 7.53. The average Bonchev–Trinajstić information content (AvgIpc) is 3.06. The molecule has 0 aliphatic heterocycles. The molecule has 2 aromatic heterocycles. The van der Waals surface area contributed by atoms with Gasteiger partial charge >= 0.3 is 0 Å². The fourth-order valence-electron chi connectivity index (χ4n) is 2.73. The lowest BCUT2D eigenvalue weighted by atomic mass is 9.99. The van der Waals surface area contributed by atoms with Gasteiger partial charge in [-0.05, 0) is 44.2 Å². The van der Waals surface area contributed by atoms with Crippen LogP contribution in [0, 0.1) is 6.92 Å². The number of fused-ring (bicyclic) bond motifs is 1. The zero-order valence-electron chi connectivity index (χ0n) is 12.9. The van der Waals surface area contributed by atoms with Gasteiger partial charge in [-0.15, -0.1) is 11.3 Å². The highest BCUT2D eigenvalue weighted by molar-refractivity contribution is 7.14. The molecule has 0 radical (unpaired) electrons. The molecule has 8 heteroatoms. The van der Waals surface area contributed by atoms with Crippen molar-refractivity contribution in [3.8, 4) is 0 Å². The third-order valence-electron chi connectivity index (χ3n) is 3.89. The largest absolute Gasteiger partial charge is 0.279 e. The molecule has 0 fully saturated rings. The van der Waals surface area contributed by atoms with Crippen molar-refractivity contribution in [2.75, 3.05) is 0 Å². The zero-order chi connectivity index (χ0) is 16.6. The second-order valence-electron chi connectivity index (χ2n) is 5.55. The number of carbonyl (C=O) groups is 2. The fourth-order valence-corrected chi connectivity index (χ4v) is 4.14. The number of rotatable bonds is 2. The summed E-state index contributed by atoms with van der Waals surface area (Å²) in [6, 6.07) is 1.92. The minimum absolute atomic E-state index is 0.237. The molecule has 0 saturated heterocycles. The van der Waals surface area contributed by atoms with Gasteiger partial charge in [0.2, 0.25) is 0 Å². The van der Waals surface area contributed by atoms with Crippen LogP contribution < -0.4 is 10.9 Å². The van der Waals surface area contributed by atoms with Gasteiger partial charge < -0.3 is 0 Å². The molecule has 122 valence electrons. The summed E-state index contributed by atoms with van der Waals surface area (Å²) in [7, 11) is 1.65. The van der Waals surface area contributed by atoms with Crippen LogP contribution in [-0.2, 0) is 19.9 Å². The van der Waals surface area contributed by atoms with Crippen LogP contribution in [0.15, 0.2) is 6.07 Å². The number of thiophene rings is 1. The first-order valence-corrected chi connectivity index (χ1v) is 8.58. The van der Waals surface area contributed by atoms with Gasteiger partial charge in [-0.2, -0.15) is 5.10 Å². The summed E-state index contributed by atoms with van der Waals surface area (Å²) in [4.78, 5) is 26.3. The molecular formula is C15H17ClN4O2S. The van der Waals surface area contributed by atoms with Crippen molar-refractivity contribution in [3.63, 3.8) is 0 Å². The van der Waals surface area contributed by atoms with E-state index in [9.17, 15) is 9.59 Å². The van der Waals surface area contributed by atoms with Gasteiger partial charge in [0.1, 0.15) is 10.7 Å². The normalized spacial score (nSPS) is 13.5. The van der Waals surface area contributed by atoms with Crippen molar-refractivity contribution < 1.29 is 9.59 Å². The van der Waals surface area contributed by atoms with E-state index in [0.717, 1.165) is 12.8 Å². The van der Waals surface area contributed by atoms with E-state index < -0.39 is 5.91 Å². The van der Waals surface area contributed by atoms with Crippen LogP contribution >= 0.6 is 22.9 Å². The Morgan fingerprint density at radius 3 is 2.61 bits per heavy atom. The van der Waals surface area contributed by atoms with Crippen molar-refractivity contribution in [2.24, 2.45) is 7.05 Å². The van der Waals surface area contributed by atoms with E-state index in [1.54, 1.807) is 14.0 Å². The van der Waals surface area contributed by atoms with Crippen molar-refractivity contribution >= 4 is 34.8 Å². The van der Waals surface area contributed by atoms with Crippen molar-refractivity contribution in [1.29, 1.82) is 0 Å². The summed E-state index contributed by atoms with van der Waals surface area (Å²) in [6.45, 7) is 1.69. The summed E-state index contributed by atoms with van der Waals surface area (Å²) in [5, 5.41) is 4.31. The van der Waals surface area contributed by atoms with Gasteiger partial charge in [-0.3, -0.25) is 25.1 Å². The maximum atomic E-state index is 12.2. The quantitative estimate of drug-likeness (QED) is 0.815. The Morgan fingerprint density at radius 1 is 1.26 bits per heavy atom. The molecular weight excluding hydrogens is 336 g/mol. The van der Waals surface area contributed by atoms with Crippen LogP contribution in [-0.4, -0.2) is 21.6 Å². The molecule has 23 heavy (non-hydrogen) atoms. The van der Waals surface area contributed by atoms with Gasteiger partial charge in [0, 0.05) is 11.9 Å². The highest BCUT2D eigenvalue weighted by Gasteiger charge is 2.21. The van der Waals surface area contributed by atoms with Crippen molar-refractivity contribution in [1.82, 2.24) is 20.6 Å². The predicted molar refractivity (Wildman–Crippen MR) is 88.8 cm³/mol. The van der Waals surface area contributed by atoms with E-state index in [1.807, 2.05) is 6.07 Å². The molecule has 2 N–H and O–H groups in total. The first kappa shape index (κ1) is 16.0. The zero-order valence-corrected chi connectivity index (χ0v) is 14.5. The minimum atomic E-state index is -0.477. The van der Waals surface area contributed by atoms with E-state index in [-0.39, 0.29) is 16.6 Å². The van der Waals surface area contributed by atoms with Gasteiger partial charge in [0.05, 0.1) is 10.6 Å². The number of aryl methyl sites for hydroxylation is 4. The summed E-state index contributed by atoms with van der Waals surface area (Å²) < 4.78 is 1.42. The molecule has 0 spiro atoms. The predicted octanol–water partition coefficient (Wildman–Crippen LogP) is 2.40. The molecule has 3 rings (SSSR count). The Hall–Kier alpha value is -1.86. The fraction of sp³-hybridized carbons (Fsp3) is 0.400. The van der Waals surface area contributed by atoms with Crippen molar-refractivity contribution in [3.05, 3.63) is 37.8 Å². The number of nitrogens with one attached hydrogen (secondary N) is 2. The van der Waals surface area contributed by atoms with E-state index >= 15 is 0 Å². The molecule has 0 saturated carbocycles. The molecule has 0 bridgehead atoms. The van der Waals surface area contributed by atoms with Crippen LogP contribution in [0.5, 0.6) is 0 Å². The minimum Gasteiger partial charge on any atom is -0.267 e. The second kappa shape index (κ2) is 6.33. The molecule has 2 aromatic rings. The summed E-state index contributed by atoms with van der Waals surface area (Å²) in [5.41, 5.74) is 6.88. The first-order valence-electron chi connectivity index (χ1n) is 7.38. The molecule has 6 nitrogen and oxygen atoms in total. The number of nitrogens with zero attached hydrogens (tertiary/aromatic N) is 2. The SMILES string of the molecule is Cc1nn(C)c(Cl)c1C(=O)NNC(=O)c1cc2c(s1)CCCC2. The Labute approximate surface area is 142 Å². The first-order chi connectivity index (χ1) is 11.0. The number of amides is 2. The Bertz CT molecular complexity index is 757. The molecule has 0 aromatic carbocycles. The summed E-state index contributed by atoms with van der Waals surface area (Å²) in [5.74, 6) is -0.786. The Kier molecular flexibility index (Phi) is 4.41. The number of hydrogen-bond acceptors (Lipinski definition) is 4.